The fraction of sp³-hybridized carbons (Fsp3) is 0.381. The third-order valence-electron chi connectivity index (χ3n) is 3.98. The monoisotopic (exact) mass is 406 g/mol. The molecule has 2 rings (SSSR count). The molecule has 2 aromatic carbocycles. The van der Waals surface area contributed by atoms with Crippen molar-refractivity contribution >= 4 is 15.8 Å². The lowest BCUT2D eigenvalue weighted by molar-refractivity contribution is -0.136. The molecule has 0 atom stereocenters. The van der Waals surface area contributed by atoms with E-state index in [4.69, 9.17) is 14.6 Å². The summed E-state index contributed by atoms with van der Waals surface area (Å²) in [5.41, 5.74) is 0.374. The molecule has 0 radical (unpaired) electrons. The standard InChI is InChI=1S/C21H26O6S/c1-3-5-11-27-17-6-8-19(9-7-17)28(24,25)20-13-16(14-21(22)23)12-18(15-20)26-10-4-2/h6-9,12-13,15H,3-5,10-11,14H2,1-2H3,(H,22,23). The molecule has 0 unspecified atom stereocenters. The Morgan fingerprint density at radius 2 is 1.57 bits per heavy atom. The van der Waals surface area contributed by atoms with Crippen LogP contribution in [0.15, 0.2) is 52.3 Å². The van der Waals surface area contributed by atoms with Gasteiger partial charge in [-0.2, -0.15) is 0 Å². The van der Waals surface area contributed by atoms with Gasteiger partial charge in [-0.1, -0.05) is 20.3 Å². The molecule has 7 heteroatoms. The average Bonchev–Trinajstić information content (AvgIpc) is 2.66. The summed E-state index contributed by atoms with van der Waals surface area (Å²) in [6.45, 7) is 5.00. The zero-order valence-corrected chi connectivity index (χ0v) is 17.0. The van der Waals surface area contributed by atoms with Gasteiger partial charge in [0.2, 0.25) is 9.84 Å². The predicted molar refractivity (Wildman–Crippen MR) is 106 cm³/mol. The molecule has 0 aliphatic heterocycles. The van der Waals surface area contributed by atoms with Crippen LogP contribution in [0, 0.1) is 0 Å². The van der Waals surface area contributed by atoms with Crippen LogP contribution in [0.25, 0.3) is 0 Å². The van der Waals surface area contributed by atoms with Gasteiger partial charge < -0.3 is 14.6 Å². The van der Waals surface area contributed by atoms with Gasteiger partial charge in [-0.3, -0.25) is 4.79 Å². The molecular formula is C21H26O6S. The second-order valence-corrected chi connectivity index (χ2v) is 8.36. The van der Waals surface area contributed by atoms with Crippen molar-refractivity contribution in [3.63, 3.8) is 0 Å². The highest BCUT2D eigenvalue weighted by Gasteiger charge is 2.20. The maximum Gasteiger partial charge on any atom is 0.307 e. The van der Waals surface area contributed by atoms with Crippen LogP contribution >= 0.6 is 0 Å². The highest BCUT2D eigenvalue weighted by atomic mass is 32.2. The van der Waals surface area contributed by atoms with Crippen LogP contribution < -0.4 is 9.47 Å². The van der Waals surface area contributed by atoms with E-state index in [1.807, 2.05) is 6.92 Å². The second kappa shape index (κ2) is 10.1. The van der Waals surface area contributed by atoms with Crippen LogP contribution in [0.1, 0.15) is 38.7 Å². The Morgan fingerprint density at radius 1 is 0.893 bits per heavy atom. The van der Waals surface area contributed by atoms with Crippen LogP contribution in [0.4, 0.5) is 0 Å². The number of rotatable bonds is 11. The predicted octanol–water partition coefficient (Wildman–Crippen LogP) is 4.11. The van der Waals surface area contributed by atoms with E-state index in [2.05, 4.69) is 6.92 Å². The molecule has 0 amide bonds. The summed E-state index contributed by atoms with van der Waals surface area (Å²) in [6, 6.07) is 10.6. The number of unbranched alkanes of at least 4 members (excludes halogenated alkanes) is 1. The van der Waals surface area contributed by atoms with Gasteiger partial charge in [0.15, 0.2) is 0 Å². The van der Waals surface area contributed by atoms with Gasteiger partial charge in [0, 0.05) is 0 Å². The highest BCUT2D eigenvalue weighted by Crippen LogP contribution is 2.28. The molecule has 1 N–H and O–H groups in total. The number of carboxylic acids is 1. The van der Waals surface area contributed by atoms with Crippen molar-refractivity contribution in [2.45, 2.75) is 49.3 Å². The van der Waals surface area contributed by atoms with Crippen LogP contribution in [0.2, 0.25) is 0 Å². The summed E-state index contributed by atoms with van der Waals surface area (Å²) in [7, 11) is -3.82. The van der Waals surface area contributed by atoms with Crippen molar-refractivity contribution in [3.8, 4) is 11.5 Å². The smallest absolute Gasteiger partial charge is 0.307 e. The van der Waals surface area contributed by atoms with Crippen LogP contribution in [0.5, 0.6) is 11.5 Å². The number of sulfone groups is 1. The quantitative estimate of drug-likeness (QED) is 0.565. The lowest BCUT2D eigenvalue weighted by Crippen LogP contribution is -2.07. The first kappa shape index (κ1) is 21.8. The number of ether oxygens (including phenoxy) is 2. The van der Waals surface area contributed by atoms with E-state index in [1.54, 1.807) is 18.2 Å². The molecular weight excluding hydrogens is 380 g/mol. The van der Waals surface area contributed by atoms with Gasteiger partial charge >= 0.3 is 5.97 Å². The van der Waals surface area contributed by atoms with Gasteiger partial charge in [-0.25, -0.2) is 8.42 Å². The minimum Gasteiger partial charge on any atom is -0.494 e. The fourth-order valence-electron chi connectivity index (χ4n) is 2.55. The molecule has 0 saturated carbocycles. The van der Waals surface area contributed by atoms with E-state index in [1.165, 1.54) is 24.3 Å². The van der Waals surface area contributed by atoms with E-state index >= 15 is 0 Å². The third kappa shape index (κ3) is 5.99. The lowest BCUT2D eigenvalue weighted by Gasteiger charge is -2.12. The van der Waals surface area contributed by atoms with Crippen LogP contribution in [-0.2, 0) is 21.1 Å². The first-order valence-electron chi connectivity index (χ1n) is 9.33. The number of benzene rings is 2. The number of carboxylic acid groups (broad SMARTS) is 1. The van der Waals surface area contributed by atoms with Gasteiger partial charge in [-0.15, -0.1) is 0 Å². The molecule has 0 aromatic heterocycles. The van der Waals surface area contributed by atoms with Crippen molar-refractivity contribution in [2.75, 3.05) is 13.2 Å². The number of carbonyl (C=O) groups is 1. The Morgan fingerprint density at radius 3 is 2.18 bits per heavy atom. The normalized spacial score (nSPS) is 11.2. The third-order valence-corrected chi connectivity index (χ3v) is 5.73. The zero-order valence-electron chi connectivity index (χ0n) is 16.2. The molecule has 0 heterocycles. The van der Waals surface area contributed by atoms with Crippen molar-refractivity contribution < 1.29 is 27.8 Å². The molecule has 152 valence electrons. The van der Waals surface area contributed by atoms with E-state index in [-0.39, 0.29) is 16.2 Å². The Bertz CT molecular complexity index is 888. The topological polar surface area (TPSA) is 89.9 Å². The van der Waals surface area contributed by atoms with E-state index in [0.717, 1.165) is 19.3 Å². The lowest BCUT2D eigenvalue weighted by atomic mass is 10.1. The molecule has 2 aromatic rings. The number of aliphatic carboxylic acids is 1. The Balaban J connectivity index is 2.33. The Kier molecular flexibility index (Phi) is 7.87. The largest absolute Gasteiger partial charge is 0.494 e. The van der Waals surface area contributed by atoms with Gasteiger partial charge in [0.1, 0.15) is 11.5 Å². The van der Waals surface area contributed by atoms with Crippen LogP contribution in [0.3, 0.4) is 0 Å². The Hall–Kier alpha value is -2.54. The summed E-state index contributed by atoms with van der Waals surface area (Å²) in [5, 5.41) is 9.06. The van der Waals surface area contributed by atoms with Gasteiger partial charge in [0.25, 0.3) is 0 Å². The van der Waals surface area contributed by atoms with Gasteiger partial charge in [0.05, 0.1) is 29.4 Å². The Labute approximate surface area is 166 Å². The molecule has 28 heavy (non-hydrogen) atoms. The number of hydrogen-bond acceptors (Lipinski definition) is 5. The van der Waals surface area contributed by atoms with Crippen molar-refractivity contribution in [3.05, 3.63) is 48.0 Å². The fourth-order valence-corrected chi connectivity index (χ4v) is 3.90. The van der Waals surface area contributed by atoms with Crippen LogP contribution in [-0.4, -0.2) is 32.7 Å². The van der Waals surface area contributed by atoms with Crippen molar-refractivity contribution in [1.82, 2.24) is 0 Å². The second-order valence-electron chi connectivity index (χ2n) is 6.41. The van der Waals surface area contributed by atoms with E-state index < -0.39 is 15.8 Å². The molecule has 0 spiro atoms. The maximum absolute atomic E-state index is 13.0. The van der Waals surface area contributed by atoms with E-state index in [9.17, 15) is 13.2 Å². The average molecular weight is 407 g/mol. The number of hydrogen-bond donors (Lipinski definition) is 1. The molecule has 6 nitrogen and oxygen atoms in total. The first-order valence-corrected chi connectivity index (χ1v) is 10.8. The minimum atomic E-state index is -3.82. The van der Waals surface area contributed by atoms with Gasteiger partial charge in [-0.05, 0) is 60.9 Å². The molecule has 0 aliphatic rings. The molecule has 0 bridgehead atoms. The summed E-state index contributed by atoms with van der Waals surface area (Å²) in [4.78, 5) is 11.2. The summed E-state index contributed by atoms with van der Waals surface area (Å²) in [6.07, 6.45) is 2.42. The summed E-state index contributed by atoms with van der Waals surface area (Å²) >= 11 is 0. The maximum atomic E-state index is 13.0. The highest BCUT2D eigenvalue weighted by molar-refractivity contribution is 7.91. The SMILES string of the molecule is CCCCOc1ccc(S(=O)(=O)c2cc(CC(=O)O)cc(OCCC)c2)cc1. The zero-order chi connectivity index (χ0) is 20.6. The van der Waals surface area contributed by atoms with Crippen molar-refractivity contribution in [2.24, 2.45) is 0 Å². The molecule has 0 fully saturated rings. The minimum absolute atomic E-state index is 0.0111. The van der Waals surface area contributed by atoms with Crippen molar-refractivity contribution in [1.29, 1.82) is 0 Å². The van der Waals surface area contributed by atoms with E-state index in [0.29, 0.717) is 30.3 Å². The molecule has 0 aliphatic carbocycles. The molecule has 0 saturated heterocycles. The first-order chi connectivity index (χ1) is 13.4. The summed E-state index contributed by atoms with van der Waals surface area (Å²) < 4.78 is 37.2. The summed E-state index contributed by atoms with van der Waals surface area (Å²) in [5.74, 6) is -0.0812.